The predicted octanol–water partition coefficient (Wildman–Crippen LogP) is 24.0. The number of ether oxygens (including phenoxy) is 4. The number of allylic oxidation sites excluding steroid dienone is 26. The van der Waals surface area contributed by atoms with Gasteiger partial charge in [0.1, 0.15) is 19.3 Å². The average molecular weight is 1520 g/mol. The molecule has 0 fully saturated rings. The molecule has 17 nitrogen and oxygen atoms in total. The highest BCUT2D eigenvalue weighted by molar-refractivity contribution is 7.47. The maximum atomic E-state index is 13.1. The normalized spacial score (nSPS) is 14.7. The molecule has 0 aromatic heterocycles. The van der Waals surface area contributed by atoms with Crippen LogP contribution in [0.25, 0.3) is 0 Å². The number of carbonyl (C=O) groups is 4. The quantitative estimate of drug-likeness (QED) is 0.0169. The standard InChI is InChI=1S/C87H144O17P2/c1-5-9-13-17-21-25-29-33-37-39-40-42-46-48-52-56-60-64-68-72-85(90)98-78-83(104-87(92)74-70-66-62-58-54-50-44-36-32-28-24-20-16-12-8-4)80-102-106(95,96)100-76-81(88)75-99-105(93,94)101-79-82(103-86(91)73-69-65-61-57-53-49-43-35-31-27-23-19-15-11-7-3)77-97-84(89)71-67-63-59-55-51-47-45-41-38-34-30-26-22-18-14-10-6-2/h9-10,13-14,21-23,25-27,33-38,40,42-45,47-48,52,60,64,81-83,88H,5-8,11-12,15-20,24,28-32,39,41,46,49-51,53-59,61-63,65-80H2,1-4H3,(H,93,94)(H,95,96)/b13-9-,14-10-,25-21-,26-22-,27-23-,37-33-,38-34-,42-40-,43-35-,44-36-,47-45-,52-48-,64-60-. The number of carbonyl (C=O) groups excluding carboxylic acids is 4. The summed E-state index contributed by atoms with van der Waals surface area (Å²) in [5.41, 5.74) is 0. The van der Waals surface area contributed by atoms with E-state index in [0.717, 1.165) is 167 Å². The minimum atomic E-state index is -5.00. The lowest BCUT2D eigenvalue weighted by Crippen LogP contribution is -2.30. The van der Waals surface area contributed by atoms with Gasteiger partial charge in [0.15, 0.2) is 12.2 Å². The number of phosphoric ester groups is 2. The largest absolute Gasteiger partial charge is 0.472 e. The lowest BCUT2D eigenvalue weighted by Gasteiger charge is -2.21. The Morgan fingerprint density at radius 3 is 0.840 bits per heavy atom. The van der Waals surface area contributed by atoms with Crippen LogP contribution in [0, 0.1) is 0 Å². The van der Waals surface area contributed by atoms with Crippen LogP contribution in [0.2, 0.25) is 0 Å². The highest BCUT2D eigenvalue weighted by Gasteiger charge is 2.30. The van der Waals surface area contributed by atoms with Gasteiger partial charge >= 0.3 is 39.5 Å². The molecular formula is C87H144O17P2. The van der Waals surface area contributed by atoms with Gasteiger partial charge in [0.25, 0.3) is 0 Å². The van der Waals surface area contributed by atoms with Crippen molar-refractivity contribution >= 4 is 39.5 Å². The van der Waals surface area contributed by atoms with Crippen molar-refractivity contribution in [3.63, 3.8) is 0 Å². The van der Waals surface area contributed by atoms with Crippen LogP contribution in [-0.4, -0.2) is 96.7 Å². The summed E-state index contributed by atoms with van der Waals surface area (Å²) in [5.74, 6) is -2.33. The number of unbranched alkanes of at least 4 members (excludes halogenated alkanes) is 23. The molecule has 0 radical (unpaired) electrons. The van der Waals surface area contributed by atoms with Crippen LogP contribution in [0.1, 0.15) is 310 Å². The van der Waals surface area contributed by atoms with Crippen LogP contribution >= 0.6 is 15.6 Å². The summed E-state index contributed by atoms with van der Waals surface area (Å²) in [5, 5.41) is 10.7. The first-order chi connectivity index (χ1) is 51.7. The lowest BCUT2D eigenvalue weighted by molar-refractivity contribution is -0.161. The minimum absolute atomic E-state index is 0.0300. The Morgan fingerprint density at radius 2 is 0.509 bits per heavy atom. The van der Waals surface area contributed by atoms with Crippen molar-refractivity contribution in [2.45, 2.75) is 329 Å². The van der Waals surface area contributed by atoms with Gasteiger partial charge in [0.05, 0.1) is 26.4 Å². The maximum Gasteiger partial charge on any atom is 0.472 e. The van der Waals surface area contributed by atoms with Gasteiger partial charge in [0.2, 0.25) is 0 Å². The van der Waals surface area contributed by atoms with E-state index in [1.54, 1.807) is 0 Å². The smallest absolute Gasteiger partial charge is 0.462 e. The zero-order valence-electron chi connectivity index (χ0n) is 66.1. The van der Waals surface area contributed by atoms with Gasteiger partial charge in [-0.05, 0) is 161 Å². The molecule has 106 heavy (non-hydrogen) atoms. The highest BCUT2D eigenvalue weighted by atomic mass is 31.2. The second-order valence-electron chi connectivity index (χ2n) is 26.6. The number of rotatable bonds is 75. The molecule has 0 aliphatic carbocycles. The van der Waals surface area contributed by atoms with E-state index in [-0.39, 0.29) is 25.7 Å². The van der Waals surface area contributed by atoms with E-state index in [2.05, 4.69) is 167 Å². The fraction of sp³-hybridized carbons (Fsp3) is 0.655. The van der Waals surface area contributed by atoms with Crippen LogP contribution in [0.5, 0.6) is 0 Å². The van der Waals surface area contributed by atoms with Gasteiger partial charge in [0, 0.05) is 25.7 Å². The summed E-state index contributed by atoms with van der Waals surface area (Å²) in [6.07, 6.45) is 90.9. The average Bonchev–Trinajstić information content (AvgIpc) is 0.909. The zero-order valence-corrected chi connectivity index (χ0v) is 67.8. The number of hydrogen-bond acceptors (Lipinski definition) is 15. The Morgan fingerprint density at radius 1 is 0.274 bits per heavy atom. The number of esters is 4. The first-order valence-electron chi connectivity index (χ1n) is 40.7. The number of phosphoric acid groups is 2. The van der Waals surface area contributed by atoms with Crippen molar-refractivity contribution in [3.05, 3.63) is 158 Å². The molecule has 0 aliphatic rings. The van der Waals surface area contributed by atoms with Gasteiger partial charge in [-0.3, -0.25) is 37.3 Å². The number of hydrogen-bond donors (Lipinski definition) is 3. The Bertz CT molecular complexity index is 2630. The molecule has 0 saturated heterocycles. The second-order valence-corrected chi connectivity index (χ2v) is 29.5. The molecule has 0 aliphatic heterocycles. The summed E-state index contributed by atoms with van der Waals surface area (Å²) < 4.78 is 68.6. The third kappa shape index (κ3) is 76.9. The fourth-order valence-corrected chi connectivity index (χ4v) is 11.9. The summed E-state index contributed by atoms with van der Waals surface area (Å²) >= 11 is 0. The Kier molecular flexibility index (Phi) is 73.9. The Labute approximate surface area is 642 Å². The summed E-state index contributed by atoms with van der Waals surface area (Å²) in [6, 6.07) is 0. The molecule has 3 N–H and O–H groups in total. The number of aliphatic hydroxyl groups excluding tert-OH is 1. The van der Waals surface area contributed by atoms with E-state index < -0.39 is 97.5 Å². The third-order valence-corrected chi connectivity index (χ3v) is 18.4. The third-order valence-electron chi connectivity index (χ3n) is 16.5. The number of aliphatic hydroxyl groups is 1. The minimum Gasteiger partial charge on any atom is -0.462 e. The van der Waals surface area contributed by atoms with Crippen LogP contribution in [0.4, 0.5) is 0 Å². The molecule has 0 aromatic carbocycles. The van der Waals surface area contributed by atoms with E-state index in [1.165, 1.54) is 57.8 Å². The summed E-state index contributed by atoms with van der Waals surface area (Å²) in [4.78, 5) is 73.1. The molecule has 0 amide bonds. The van der Waals surface area contributed by atoms with E-state index in [0.29, 0.717) is 32.1 Å². The SMILES string of the molecule is CC/C=C\C/C=C\C/C=C\C/C=C\C/C=C\C/C=C\CCC(=O)OCC(COP(=O)(O)OCC(O)COP(=O)(O)OCC(COC(=O)CCCCCC/C=C\C/C=C\C/C=C\C/C=C\CC)OC(=O)CCCCCCC/C=C\C/C=C\CCCCC)OC(=O)CCCCCCC/C=C\CCCCCCCC. The molecule has 0 aromatic rings. The van der Waals surface area contributed by atoms with Crippen LogP contribution in [0.3, 0.4) is 0 Å². The molecule has 19 heteroatoms. The van der Waals surface area contributed by atoms with Crippen molar-refractivity contribution in [1.29, 1.82) is 0 Å². The zero-order chi connectivity index (χ0) is 77.4. The van der Waals surface area contributed by atoms with Gasteiger partial charge < -0.3 is 33.8 Å². The fourth-order valence-electron chi connectivity index (χ4n) is 10.3. The maximum absolute atomic E-state index is 13.1. The van der Waals surface area contributed by atoms with Gasteiger partial charge in [-0.2, -0.15) is 0 Å². The van der Waals surface area contributed by atoms with Crippen molar-refractivity contribution in [1.82, 2.24) is 0 Å². The molecule has 5 atom stereocenters. The Balaban J connectivity index is 5.48. The molecule has 0 spiro atoms. The summed E-state index contributed by atoms with van der Waals surface area (Å²) in [7, 11) is -10.0. The first kappa shape index (κ1) is 101. The molecular weight excluding hydrogens is 1380 g/mol. The van der Waals surface area contributed by atoms with E-state index >= 15 is 0 Å². The van der Waals surface area contributed by atoms with Crippen LogP contribution in [0.15, 0.2) is 158 Å². The predicted molar refractivity (Wildman–Crippen MR) is 436 cm³/mol. The summed E-state index contributed by atoms with van der Waals surface area (Å²) in [6.45, 7) is 4.48. The van der Waals surface area contributed by atoms with Gasteiger partial charge in [-0.1, -0.05) is 282 Å². The highest BCUT2D eigenvalue weighted by Crippen LogP contribution is 2.45. The van der Waals surface area contributed by atoms with Gasteiger partial charge in [-0.25, -0.2) is 9.13 Å². The van der Waals surface area contributed by atoms with Crippen molar-refractivity contribution in [2.75, 3.05) is 39.6 Å². The first-order valence-corrected chi connectivity index (χ1v) is 43.7. The van der Waals surface area contributed by atoms with Gasteiger partial charge in [-0.15, -0.1) is 0 Å². The van der Waals surface area contributed by atoms with E-state index in [1.807, 2.05) is 18.2 Å². The lowest BCUT2D eigenvalue weighted by atomic mass is 10.1. The monoisotopic (exact) mass is 1520 g/mol. The van der Waals surface area contributed by atoms with Crippen molar-refractivity contribution in [2.24, 2.45) is 0 Å². The van der Waals surface area contributed by atoms with Crippen molar-refractivity contribution in [3.8, 4) is 0 Å². The molecule has 604 valence electrons. The Hall–Kier alpha value is -5.32. The van der Waals surface area contributed by atoms with E-state index in [9.17, 15) is 43.2 Å². The van der Waals surface area contributed by atoms with E-state index in [4.69, 9.17) is 37.0 Å². The molecule has 0 heterocycles. The van der Waals surface area contributed by atoms with Crippen LogP contribution < -0.4 is 0 Å². The second kappa shape index (κ2) is 77.8. The molecule has 0 rings (SSSR count). The molecule has 0 saturated carbocycles. The molecule has 0 bridgehead atoms. The topological polar surface area (TPSA) is 237 Å². The van der Waals surface area contributed by atoms with Crippen molar-refractivity contribution < 1.29 is 80.2 Å². The molecule has 5 unspecified atom stereocenters. The van der Waals surface area contributed by atoms with Crippen LogP contribution in [-0.2, 0) is 65.4 Å².